The number of ether oxygens (including phenoxy) is 1. The van der Waals surface area contributed by atoms with Crippen LogP contribution in [0.3, 0.4) is 0 Å². The molecule has 2 heterocycles. The molecular weight excluding hydrogens is 352 g/mol. The molecule has 2 N–H and O–H groups in total. The molecule has 1 aliphatic rings. The van der Waals surface area contributed by atoms with Gasteiger partial charge >= 0.3 is 0 Å². The molecule has 0 spiro atoms. The molecule has 1 atom stereocenters. The largest absolute Gasteiger partial charge is 0.383 e. The van der Waals surface area contributed by atoms with E-state index in [1.807, 2.05) is 0 Å². The van der Waals surface area contributed by atoms with E-state index in [0.29, 0.717) is 21.8 Å². The number of hydrogen-bond donors (Lipinski definition) is 2. The van der Waals surface area contributed by atoms with Crippen LogP contribution in [0.1, 0.15) is 12.8 Å². The minimum Gasteiger partial charge on any atom is -0.383 e. The maximum absolute atomic E-state index is 12.2. The van der Waals surface area contributed by atoms with Gasteiger partial charge in [0.15, 0.2) is 0 Å². The topological polar surface area (TPSA) is 67.4 Å². The number of thiophene rings is 1. The Labute approximate surface area is 125 Å². The zero-order valence-electron chi connectivity index (χ0n) is 10.6. The quantitative estimate of drug-likeness (QED) is 0.799. The molecule has 1 aromatic rings. The van der Waals surface area contributed by atoms with Crippen molar-refractivity contribution in [1.29, 1.82) is 0 Å². The summed E-state index contributed by atoms with van der Waals surface area (Å²) in [5.41, 5.74) is -0.286. The fourth-order valence-electron chi connectivity index (χ4n) is 2.24. The van der Waals surface area contributed by atoms with Crippen molar-refractivity contribution in [2.75, 3.05) is 26.8 Å². The third kappa shape index (κ3) is 3.56. The van der Waals surface area contributed by atoms with Crippen LogP contribution >= 0.6 is 27.3 Å². The predicted molar refractivity (Wildman–Crippen MR) is 79.1 cm³/mol. The van der Waals surface area contributed by atoms with Crippen LogP contribution in [0.5, 0.6) is 0 Å². The van der Waals surface area contributed by atoms with Crippen molar-refractivity contribution in [1.82, 2.24) is 10.0 Å². The van der Waals surface area contributed by atoms with Crippen LogP contribution in [0.2, 0.25) is 0 Å². The third-order valence-corrected chi connectivity index (χ3v) is 7.25. The van der Waals surface area contributed by atoms with Crippen LogP contribution in [0, 0.1) is 0 Å². The van der Waals surface area contributed by atoms with Crippen molar-refractivity contribution >= 4 is 37.3 Å². The molecule has 0 saturated carbocycles. The minimum atomic E-state index is -3.47. The summed E-state index contributed by atoms with van der Waals surface area (Å²) in [7, 11) is -1.83. The summed E-state index contributed by atoms with van der Waals surface area (Å²) >= 11 is 4.45. The van der Waals surface area contributed by atoms with E-state index in [-0.39, 0.29) is 5.54 Å². The molecule has 1 aliphatic heterocycles. The van der Waals surface area contributed by atoms with Crippen molar-refractivity contribution in [2.45, 2.75) is 22.6 Å². The molecule has 5 nitrogen and oxygen atoms in total. The average Bonchev–Trinajstić information content (AvgIpc) is 2.97. The maximum Gasteiger partial charge on any atom is 0.251 e. The number of hydrogen-bond acceptors (Lipinski definition) is 5. The Balaban J connectivity index is 2.07. The molecule has 0 aromatic carbocycles. The molecule has 0 bridgehead atoms. The highest BCUT2D eigenvalue weighted by atomic mass is 79.9. The Bertz CT molecular complexity index is 524. The standard InChI is InChI=1S/C11H17BrN2O3S2/c1-17-8-11(4-2-5-13-11)7-14-19(15,16)10-9(12)3-6-18-10/h3,6,13-14H,2,4-5,7-8H2,1H3. The molecule has 2 rings (SSSR count). The summed E-state index contributed by atoms with van der Waals surface area (Å²) in [6.07, 6.45) is 1.95. The summed E-state index contributed by atoms with van der Waals surface area (Å²) < 4.78 is 33.2. The van der Waals surface area contributed by atoms with Gasteiger partial charge in [-0.2, -0.15) is 0 Å². The van der Waals surface area contributed by atoms with Gasteiger partial charge in [-0.3, -0.25) is 0 Å². The van der Waals surface area contributed by atoms with Gasteiger partial charge < -0.3 is 10.1 Å². The molecule has 0 aliphatic carbocycles. The first kappa shape index (κ1) is 15.4. The second kappa shape index (κ2) is 6.19. The van der Waals surface area contributed by atoms with Crippen LogP contribution in [-0.2, 0) is 14.8 Å². The van der Waals surface area contributed by atoms with Gasteiger partial charge in [-0.15, -0.1) is 11.3 Å². The number of halogens is 1. The summed E-state index contributed by atoms with van der Waals surface area (Å²) in [5, 5.41) is 5.09. The Morgan fingerprint density at radius 3 is 2.95 bits per heavy atom. The monoisotopic (exact) mass is 368 g/mol. The van der Waals surface area contributed by atoms with E-state index < -0.39 is 10.0 Å². The lowest BCUT2D eigenvalue weighted by atomic mass is 9.99. The number of sulfonamides is 1. The van der Waals surface area contributed by atoms with E-state index in [4.69, 9.17) is 4.74 Å². The molecule has 19 heavy (non-hydrogen) atoms. The summed E-state index contributed by atoms with van der Waals surface area (Å²) in [4.78, 5) is 0. The summed E-state index contributed by atoms with van der Waals surface area (Å²) in [6, 6.07) is 1.73. The highest BCUT2D eigenvalue weighted by molar-refractivity contribution is 9.10. The van der Waals surface area contributed by atoms with Gasteiger partial charge in [-0.25, -0.2) is 13.1 Å². The predicted octanol–water partition coefficient (Wildman–Crippen LogP) is 1.56. The molecule has 1 aromatic heterocycles. The smallest absolute Gasteiger partial charge is 0.251 e. The summed E-state index contributed by atoms with van der Waals surface area (Å²) in [6.45, 7) is 1.74. The van der Waals surface area contributed by atoms with Gasteiger partial charge in [-0.05, 0) is 46.8 Å². The lowest BCUT2D eigenvalue weighted by Crippen LogP contribution is -2.52. The summed E-state index contributed by atoms with van der Waals surface area (Å²) in [5.74, 6) is 0. The lowest BCUT2D eigenvalue weighted by molar-refractivity contribution is 0.122. The van der Waals surface area contributed by atoms with E-state index in [0.717, 1.165) is 19.4 Å². The van der Waals surface area contributed by atoms with E-state index in [9.17, 15) is 8.42 Å². The number of methoxy groups -OCH3 is 1. The Kier molecular flexibility index (Phi) is 5.02. The van der Waals surface area contributed by atoms with Crippen LogP contribution in [0.15, 0.2) is 20.1 Å². The highest BCUT2D eigenvalue weighted by Crippen LogP contribution is 2.28. The zero-order valence-corrected chi connectivity index (χ0v) is 13.8. The third-order valence-electron chi connectivity index (χ3n) is 3.18. The number of nitrogens with one attached hydrogen (secondary N) is 2. The molecule has 0 amide bonds. The molecule has 1 unspecified atom stereocenters. The van der Waals surface area contributed by atoms with Gasteiger partial charge in [0.2, 0.25) is 0 Å². The van der Waals surface area contributed by atoms with Gasteiger partial charge in [0.1, 0.15) is 4.21 Å². The Hall–Kier alpha value is 0.01000. The van der Waals surface area contributed by atoms with Gasteiger partial charge in [0.05, 0.1) is 12.1 Å². The fraction of sp³-hybridized carbons (Fsp3) is 0.636. The maximum atomic E-state index is 12.2. The number of rotatable bonds is 6. The molecule has 0 radical (unpaired) electrons. The lowest BCUT2D eigenvalue weighted by Gasteiger charge is -2.28. The molecule has 1 saturated heterocycles. The van der Waals surface area contributed by atoms with E-state index in [2.05, 4.69) is 26.0 Å². The van der Waals surface area contributed by atoms with E-state index in [1.165, 1.54) is 11.3 Å². The van der Waals surface area contributed by atoms with Crippen molar-refractivity contribution in [3.63, 3.8) is 0 Å². The van der Waals surface area contributed by atoms with Crippen LogP contribution < -0.4 is 10.0 Å². The van der Waals surface area contributed by atoms with E-state index >= 15 is 0 Å². The van der Waals surface area contributed by atoms with Gasteiger partial charge in [0, 0.05) is 18.1 Å². The van der Waals surface area contributed by atoms with E-state index in [1.54, 1.807) is 18.6 Å². The van der Waals surface area contributed by atoms with Gasteiger partial charge in [-0.1, -0.05) is 0 Å². The SMILES string of the molecule is COCC1(CNS(=O)(=O)c2sccc2Br)CCCN1. The van der Waals surface area contributed by atoms with Crippen molar-refractivity contribution < 1.29 is 13.2 Å². The first-order valence-corrected chi connectivity index (χ1v) is 9.11. The second-order valence-electron chi connectivity index (χ2n) is 4.62. The molecule has 108 valence electrons. The van der Waals surface area contributed by atoms with Crippen molar-refractivity contribution in [2.24, 2.45) is 0 Å². The molecular formula is C11H17BrN2O3S2. The second-order valence-corrected chi connectivity index (χ2v) is 8.36. The highest BCUT2D eigenvalue weighted by Gasteiger charge is 2.35. The van der Waals surface area contributed by atoms with Crippen LogP contribution in [0.4, 0.5) is 0 Å². The molecule has 1 fully saturated rings. The van der Waals surface area contributed by atoms with Crippen molar-refractivity contribution in [3.8, 4) is 0 Å². The fourth-order valence-corrected chi connectivity index (χ4v) is 5.75. The average molecular weight is 369 g/mol. The van der Waals surface area contributed by atoms with Crippen molar-refractivity contribution in [3.05, 3.63) is 15.9 Å². The minimum absolute atomic E-state index is 0.286. The first-order valence-electron chi connectivity index (χ1n) is 5.96. The van der Waals surface area contributed by atoms with Gasteiger partial charge in [0.25, 0.3) is 10.0 Å². The normalized spacial score (nSPS) is 23.9. The van der Waals surface area contributed by atoms with Crippen LogP contribution in [-0.4, -0.2) is 40.8 Å². The van der Waals surface area contributed by atoms with Crippen LogP contribution in [0.25, 0.3) is 0 Å². The molecule has 8 heteroatoms. The Morgan fingerprint density at radius 1 is 1.63 bits per heavy atom. The Morgan fingerprint density at radius 2 is 2.42 bits per heavy atom. The first-order chi connectivity index (χ1) is 8.99. The zero-order chi connectivity index (χ0) is 13.9.